The Balaban J connectivity index is 1.83. The second kappa shape index (κ2) is 5.64. The molecule has 2 fully saturated rings. The molecule has 1 heterocycles. The number of carbonyl (C=O) groups is 1. The third-order valence-corrected chi connectivity index (χ3v) is 4.52. The lowest BCUT2D eigenvalue weighted by Crippen LogP contribution is -2.41. The van der Waals surface area contributed by atoms with E-state index < -0.39 is 6.04 Å². The summed E-state index contributed by atoms with van der Waals surface area (Å²) in [5.74, 6) is 0.798. The Morgan fingerprint density at radius 2 is 1.95 bits per heavy atom. The molecule has 20 heavy (non-hydrogen) atoms. The number of benzene rings is 1. The fourth-order valence-electron chi connectivity index (χ4n) is 3.18. The quantitative estimate of drug-likeness (QED) is 0.886. The number of Topliss-reactive ketones (excluding diaryl/α,β-unsaturated/α-hetero) is 1. The van der Waals surface area contributed by atoms with E-state index >= 15 is 0 Å². The Morgan fingerprint density at radius 3 is 2.60 bits per heavy atom. The molecular weight excluding hydrogens is 252 g/mol. The molecule has 2 aliphatic rings. The summed E-state index contributed by atoms with van der Waals surface area (Å²) in [6.45, 7) is 0.222. The van der Waals surface area contributed by atoms with Crippen molar-refractivity contribution in [3.05, 3.63) is 35.9 Å². The van der Waals surface area contributed by atoms with Crippen LogP contribution < -0.4 is 5.73 Å². The van der Waals surface area contributed by atoms with Crippen LogP contribution in [0.4, 0.5) is 0 Å². The van der Waals surface area contributed by atoms with E-state index in [0.29, 0.717) is 12.3 Å². The fourth-order valence-corrected chi connectivity index (χ4v) is 3.18. The molecule has 1 saturated heterocycles. The lowest BCUT2D eigenvalue weighted by atomic mass is 9.87. The molecule has 0 aromatic heterocycles. The summed E-state index contributed by atoms with van der Waals surface area (Å²) < 4.78 is 0. The highest BCUT2D eigenvalue weighted by molar-refractivity contribution is 5.86. The van der Waals surface area contributed by atoms with Crippen molar-refractivity contribution in [3.63, 3.8) is 0 Å². The SMILES string of the molecule is N[C@@H]1CN(O)[C@H](c2ccccc2)CC(CC2CC2)C1=O. The second-order valence-corrected chi connectivity index (χ2v) is 6.17. The molecule has 4 nitrogen and oxygen atoms in total. The van der Waals surface area contributed by atoms with Gasteiger partial charge in [0.05, 0.1) is 12.1 Å². The van der Waals surface area contributed by atoms with E-state index in [-0.39, 0.29) is 24.3 Å². The molecule has 3 atom stereocenters. The van der Waals surface area contributed by atoms with Crippen molar-refractivity contribution < 1.29 is 10.0 Å². The summed E-state index contributed by atoms with van der Waals surface area (Å²) in [5, 5.41) is 11.5. The molecule has 0 radical (unpaired) electrons. The maximum Gasteiger partial charge on any atom is 0.154 e. The Kier molecular flexibility index (Phi) is 3.87. The largest absolute Gasteiger partial charge is 0.320 e. The highest BCUT2D eigenvalue weighted by atomic mass is 16.5. The standard InChI is InChI=1S/C16H22N2O2/c17-14-10-18(20)15(12-4-2-1-3-5-12)9-13(16(14)19)8-11-6-7-11/h1-5,11,13-15,20H,6-10,17H2/t13?,14-,15+/m1/s1. The van der Waals surface area contributed by atoms with Gasteiger partial charge in [-0.25, -0.2) is 0 Å². The van der Waals surface area contributed by atoms with Gasteiger partial charge in [0.25, 0.3) is 0 Å². The van der Waals surface area contributed by atoms with Crippen LogP contribution in [0.3, 0.4) is 0 Å². The smallest absolute Gasteiger partial charge is 0.154 e. The Hall–Kier alpha value is -1.23. The summed E-state index contributed by atoms with van der Waals surface area (Å²) in [7, 11) is 0. The molecule has 0 bridgehead atoms. The first-order valence-corrected chi connectivity index (χ1v) is 7.45. The van der Waals surface area contributed by atoms with Crippen LogP contribution in [-0.4, -0.2) is 28.6 Å². The molecule has 1 aromatic carbocycles. The van der Waals surface area contributed by atoms with E-state index in [1.54, 1.807) is 0 Å². The molecule has 1 saturated carbocycles. The van der Waals surface area contributed by atoms with E-state index in [1.807, 2.05) is 30.3 Å². The van der Waals surface area contributed by atoms with Crippen molar-refractivity contribution in [2.75, 3.05) is 6.54 Å². The summed E-state index contributed by atoms with van der Waals surface area (Å²) in [4.78, 5) is 12.4. The van der Waals surface area contributed by atoms with Crippen LogP contribution in [0, 0.1) is 11.8 Å². The molecule has 0 amide bonds. The maximum atomic E-state index is 12.4. The molecule has 4 heteroatoms. The number of hydroxylamine groups is 2. The van der Waals surface area contributed by atoms with Gasteiger partial charge < -0.3 is 10.9 Å². The van der Waals surface area contributed by atoms with Crippen LogP contribution in [0.1, 0.15) is 37.3 Å². The van der Waals surface area contributed by atoms with E-state index in [4.69, 9.17) is 5.73 Å². The van der Waals surface area contributed by atoms with Crippen LogP contribution in [0.2, 0.25) is 0 Å². The highest BCUT2D eigenvalue weighted by Gasteiger charge is 2.38. The molecule has 1 aliphatic heterocycles. The van der Waals surface area contributed by atoms with Crippen molar-refractivity contribution in [3.8, 4) is 0 Å². The molecule has 1 aromatic rings. The normalized spacial score (nSPS) is 32.1. The number of ketones is 1. The first-order valence-electron chi connectivity index (χ1n) is 7.45. The van der Waals surface area contributed by atoms with E-state index in [2.05, 4.69) is 0 Å². The minimum absolute atomic E-state index is 0.0140. The van der Waals surface area contributed by atoms with Crippen LogP contribution in [0.25, 0.3) is 0 Å². The summed E-state index contributed by atoms with van der Waals surface area (Å²) in [6, 6.07) is 9.19. The van der Waals surface area contributed by atoms with Crippen molar-refractivity contribution in [1.29, 1.82) is 0 Å². The summed E-state index contributed by atoms with van der Waals surface area (Å²) in [6.07, 6.45) is 4.07. The zero-order valence-corrected chi connectivity index (χ0v) is 11.6. The number of rotatable bonds is 3. The molecule has 3 N–H and O–H groups in total. The van der Waals surface area contributed by atoms with Gasteiger partial charge in [0, 0.05) is 12.5 Å². The minimum Gasteiger partial charge on any atom is -0.320 e. The molecule has 0 spiro atoms. The van der Waals surface area contributed by atoms with Gasteiger partial charge in [-0.1, -0.05) is 43.2 Å². The molecule has 1 aliphatic carbocycles. The maximum absolute atomic E-state index is 12.4. The average molecular weight is 274 g/mol. The third kappa shape index (κ3) is 2.92. The van der Waals surface area contributed by atoms with Crippen LogP contribution in [0.15, 0.2) is 30.3 Å². The monoisotopic (exact) mass is 274 g/mol. The van der Waals surface area contributed by atoms with Gasteiger partial charge in [0.15, 0.2) is 5.78 Å². The number of hydrogen-bond donors (Lipinski definition) is 2. The van der Waals surface area contributed by atoms with Gasteiger partial charge in [-0.3, -0.25) is 4.79 Å². The molecular formula is C16H22N2O2. The van der Waals surface area contributed by atoms with Crippen LogP contribution >= 0.6 is 0 Å². The first kappa shape index (κ1) is 13.7. The third-order valence-electron chi connectivity index (χ3n) is 4.52. The highest BCUT2D eigenvalue weighted by Crippen LogP contribution is 2.40. The predicted octanol–water partition coefficient (Wildman–Crippen LogP) is 2.14. The number of carbonyl (C=O) groups excluding carboxylic acids is 1. The van der Waals surface area contributed by atoms with Gasteiger partial charge in [-0.05, 0) is 24.3 Å². The number of nitrogens with two attached hydrogens (primary N) is 1. The van der Waals surface area contributed by atoms with Crippen molar-refractivity contribution in [2.45, 2.75) is 37.8 Å². The van der Waals surface area contributed by atoms with E-state index in [0.717, 1.165) is 12.0 Å². The van der Waals surface area contributed by atoms with E-state index in [1.165, 1.54) is 17.9 Å². The molecule has 108 valence electrons. The van der Waals surface area contributed by atoms with Gasteiger partial charge >= 0.3 is 0 Å². The van der Waals surface area contributed by atoms with E-state index in [9.17, 15) is 10.0 Å². The lowest BCUT2D eigenvalue weighted by Gasteiger charge is -2.25. The van der Waals surface area contributed by atoms with Crippen molar-refractivity contribution in [2.24, 2.45) is 17.6 Å². The lowest BCUT2D eigenvalue weighted by molar-refractivity contribution is -0.133. The predicted molar refractivity (Wildman–Crippen MR) is 76.1 cm³/mol. The Bertz CT molecular complexity index is 473. The van der Waals surface area contributed by atoms with Gasteiger partial charge in [-0.15, -0.1) is 0 Å². The number of nitrogens with zero attached hydrogens (tertiary/aromatic N) is 1. The second-order valence-electron chi connectivity index (χ2n) is 6.17. The molecule has 3 rings (SSSR count). The van der Waals surface area contributed by atoms with Crippen LogP contribution in [0.5, 0.6) is 0 Å². The molecule has 1 unspecified atom stereocenters. The van der Waals surface area contributed by atoms with Gasteiger partial charge in [0.1, 0.15) is 0 Å². The minimum atomic E-state index is -0.572. The zero-order valence-electron chi connectivity index (χ0n) is 11.6. The fraction of sp³-hybridized carbons (Fsp3) is 0.562. The van der Waals surface area contributed by atoms with Gasteiger partial charge in [0.2, 0.25) is 0 Å². The summed E-state index contributed by atoms with van der Waals surface area (Å²) in [5.41, 5.74) is 7.00. The first-order chi connectivity index (χ1) is 9.65. The topological polar surface area (TPSA) is 66.6 Å². The Labute approximate surface area is 119 Å². The Morgan fingerprint density at radius 1 is 1.25 bits per heavy atom. The summed E-state index contributed by atoms with van der Waals surface area (Å²) >= 11 is 0. The average Bonchev–Trinajstić information content (AvgIpc) is 3.27. The van der Waals surface area contributed by atoms with Crippen LogP contribution in [-0.2, 0) is 4.79 Å². The van der Waals surface area contributed by atoms with Crippen molar-refractivity contribution >= 4 is 5.78 Å². The van der Waals surface area contributed by atoms with Gasteiger partial charge in [-0.2, -0.15) is 5.06 Å². The zero-order chi connectivity index (χ0) is 14.1. The van der Waals surface area contributed by atoms with Crippen molar-refractivity contribution in [1.82, 2.24) is 5.06 Å². The number of hydrogen-bond acceptors (Lipinski definition) is 4.